The van der Waals surface area contributed by atoms with Crippen molar-refractivity contribution in [2.45, 2.75) is 0 Å². The third-order valence-corrected chi connectivity index (χ3v) is 7.62. The lowest BCUT2D eigenvalue weighted by Gasteiger charge is -2.20. The van der Waals surface area contributed by atoms with E-state index in [4.69, 9.17) is 9.05 Å². The van der Waals surface area contributed by atoms with Gasteiger partial charge in [-0.15, -0.1) is 26.3 Å². The van der Waals surface area contributed by atoms with Crippen LogP contribution in [0.25, 0.3) is 11.1 Å². The molecule has 0 atom stereocenters. The maximum absolute atomic E-state index is 12.9. The molecule has 8 nitrogen and oxygen atoms in total. The molecule has 0 aliphatic carbocycles. The van der Waals surface area contributed by atoms with Gasteiger partial charge in [0.15, 0.2) is 0 Å². The smallest absolute Gasteiger partial charge is 0.391 e. The van der Waals surface area contributed by atoms with Crippen LogP contribution in [0.2, 0.25) is 0 Å². The monoisotopic (exact) mass is 502 g/mol. The van der Waals surface area contributed by atoms with Crippen LogP contribution in [-0.2, 0) is 9.13 Å². The van der Waals surface area contributed by atoms with Gasteiger partial charge in [-0.3, -0.25) is 0 Å². The number of benzene rings is 2. The van der Waals surface area contributed by atoms with Crippen molar-refractivity contribution in [3.05, 3.63) is 99.2 Å². The van der Waals surface area contributed by atoms with Gasteiger partial charge in [0.1, 0.15) is 11.5 Å². The van der Waals surface area contributed by atoms with E-state index in [1.807, 2.05) is 24.3 Å². The van der Waals surface area contributed by atoms with Gasteiger partial charge in [-0.25, -0.2) is 29.5 Å². The minimum absolute atomic E-state index is 0.326. The Kier molecular flexibility index (Phi) is 11.2. The molecule has 0 spiro atoms. The quantitative estimate of drug-likeness (QED) is 0.168. The van der Waals surface area contributed by atoms with Gasteiger partial charge in [-0.2, -0.15) is 0 Å². The Hall–Kier alpha value is -2.70. The summed E-state index contributed by atoms with van der Waals surface area (Å²) in [5.41, 5.74) is 1.84. The van der Waals surface area contributed by atoms with E-state index < -0.39 is 15.3 Å². The Balaban J connectivity index is 2.10. The normalized spacial score (nSPS) is 11.4. The molecule has 0 amide bonds. The molecule has 0 saturated carbocycles. The van der Waals surface area contributed by atoms with Crippen LogP contribution in [0.1, 0.15) is 0 Å². The highest BCUT2D eigenvalue weighted by molar-refractivity contribution is 7.55. The molecule has 34 heavy (non-hydrogen) atoms. The summed E-state index contributed by atoms with van der Waals surface area (Å²) < 4.78 is 37.3. The molecule has 10 heteroatoms. The van der Waals surface area contributed by atoms with Crippen LogP contribution in [0.15, 0.2) is 99.2 Å². The van der Waals surface area contributed by atoms with Crippen molar-refractivity contribution in [2.75, 3.05) is 26.2 Å². The molecule has 0 aromatic heterocycles. The van der Waals surface area contributed by atoms with Gasteiger partial charge in [-0.05, 0) is 35.4 Å². The van der Waals surface area contributed by atoms with E-state index >= 15 is 0 Å². The van der Waals surface area contributed by atoms with Crippen molar-refractivity contribution in [2.24, 2.45) is 0 Å². The number of rotatable bonds is 17. The van der Waals surface area contributed by atoms with Gasteiger partial charge >= 0.3 is 15.3 Å². The maximum atomic E-state index is 12.9. The van der Waals surface area contributed by atoms with Gasteiger partial charge in [-0.1, -0.05) is 48.6 Å². The summed E-state index contributed by atoms with van der Waals surface area (Å²) in [4.78, 5) is 0. The SMILES string of the molecule is C=CCNP(=O)(NCC=C)Oc1ccc(-c2ccc(OP(=O)(NCC=C)NCC=C)cc2)cc1. The lowest BCUT2D eigenvalue weighted by atomic mass is 10.1. The molecule has 2 aromatic rings. The second kappa shape index (κ2) is 13.9. The zero-order chi connectivity index (χ0) is 24.9. The summed E-state index contributed by atoms with van der Waals surface area (Å²) in [6, 6.07) is 14.4. The van der Waals surface area contributed by atoms with E-state index in [2.05, 4.69) is 46.7 Å². The zero-order valence-electron chi connectivity index (χ0n) is 19.1. The summed E-state index contributed by atoms with van der Waals surface area (Å²) >= 11 is 0. The summed E-state index contributed by atoms with van der Waals surface area (Å²) in [7, 11) is -6.63. The summed E-state index contributed by atoms with van der Waals surface area (Å²) in [5.74, 6) is 0.894. The first-order valence-electron chi connectivity index (χ1n) is 10.6. The van der Waals surface area contributed by atoms with E-state index in [1.165, 1.54) is 0 Å². The lowest BCUT2D eigenvalue weighted by molar-refractivity contribution is 0.456. The Morgan fingerprint density at radius 1 is 0.559 bits per heavy atom. The average Bonchev–Trinajstić information content (AvgIpc) is 2.85. The van der Waals surface area contributed by atoms with E-state index in [-0.39, 0.29) is 0 Å². The Labute approximate surface area is 202 Å². The molecule has 0 fully saturated rings. The maximum Gasteiger partial charge on any atom is 0.391 e. The average molecular weight is 502 g/mol. The van der Waals surface area contributed by atoms with Gasteiger partial charge in [0.05, 0.1) is 0 Å². The van der Waals surface area contributed by atoms with Crippen molar-refractivity contribution in [3.8, 4) is 22.6 Å². The van der Waals surface area contributed by atoms with Gasteiger partial charge in [0, 0.05) is 26.2 Å². The second-order valence-electron chi connectivity index (χ2n) is 6.94. The van der Waals surface area contributed by atoms with Gasteiger partial charge in [0.2, 0.25) is 0 Å². The van der Waals surface area contributed by atoms with Crippen LogP contribution in [-0.4, -0.2) is 26.2 Å². The van der Waals surface area contributed by atoms with Crippen molar-refractivity contribution in [1.82, 2.24) is 20.3 Å². The van der Waals surface area contributed by atoms with Crippen LogP contribution in [0.4, 0.5) is 0 Å². The molecule has 0 saturated heterocycles. The molecular formula is C24H32N4O4P2. The largest absolute Gasteiger partial charge is 0.422 e. The second-order valence-corrected chi connectivity index (χ2v) is 10.8. The molecule has 0 radical (unpaired) electrons. The number of hydrogen-bond donors (Lipinski definition) is 4. The summed E-state index contributed by atoms with van der Waals surface area (Å²) in [6.07, 6.45) is 6.41. The first-order valence-corrected chi connectivity index (χ1v) is 13.9. The van der Waals surface area contributed by atoms with Crippen molar-refractivity contribution in [3.63, 3.8) is 0 Å². The molecule has 0 unspecified atom stereocenters. The lowest BCUT2D eigenvalue weighted by Crippen LogP contribution is -2.26. The highest BCUT2D eigenvalue weighted by Crippen LogP contribution is 2.40. The predicted octanol–water partition coefficient (Wildman–Crippen LogP) is 5.43. The van der Waals surface area contributed by atoms with Crippen LogP contribution < -0.4 is 29.4 Å². The Morgan fingerprint density at radius 2 is 0.824 bits per heavy atom. The fourth-order valence-electron chi connectivity index (χ4n) is 2.69. The highest BCUT2D eigenvalue weighted by atomic mass is 31.2. The first-order chi connectivity index (χ1) is 16.4. The fourth-order valence-corrected chi connectivity index (χ4v) is 5.49. The van der Waals surface area contributed by atoms with Gasteiger partial charge < -0.3 is 9.05 Å². The van der Waals surface area contributed by atoms with Crippen LogP contribution in [0.3, 0.4) is 0 Å². The number of nitrogens with one attached hydrogen (secondary N) is 4. The first kappa shape index (κ1) is 27.5. The molecule has 2 rings (SSSR count). The van der Waals surface area contributed by atoms with Crippen molar-refractivity contribution < 1.29 is 18.2 Å². The molecule has 4 N–H and O–H groups in total. The van der Waals surface area contributed by atoms with E-state index in [1.54, 1.807) is 48.6 Å². The van der Waals surface area contributed by atoms with E-state index in [9.17, 15) is 9.13 Å². The molecule has 0 heterocycles. The minimum Gasteiger partial charge on any atom is -0.422 e. The van der Waals surface area contributed by atoms with E-state index in [0.29, 0.717) is 37.7 Å². The number of hydrogen-bond acceptors (Lipinski definition) is 4. The van der Waals surface area contributed by atoms with Crippen molar-refractivity contribution in [1.29, 1.82) is 0 Å². The summed E-state index contributed by atoms with van der Waals surface area (Å²) in [6.45, 7) is 15.8. The molecule has 2 aromatic carbocycles. The molecular weight excluding hydrogens is 470 g/mol. The third-order valence-electron chi connectivity index (χ3n) is 4.29. The van der Waals surface area contributed by atoms with Crippen LogP contribution in [0.5, 0.6) is 11.5 Å². The Morgan fingerprint density at radius 3 is 1.06 bits per heavy atom. The molecule has 0 aliphatic heterocycles. The zero-order valence-corrected chi connectivity index (χ0v) is 20.9. The summed E-state index contributed by atoms with van der Waals surface area (Å²) in [5, 5.41) is 11.3. The topological polar surface area (TPSA) is 101 Å². The molecule has 0 bridgehead atoms. The molecule has 182 valence electrons. The van der Waals surface area contributed by atoms with Crippen LogP contribution >= 0.6 is 15.3 Å². The minimum atomic E-state index is -3.31. The van der Waals surface area contributed by atoms with E-state index in [0.717, 1.165) is 11.1 Å². The fraction of sp³-hybridized carbons (Fsp3) is 0.167. The predicted molar refractivity (Wildman–Crippen MR) is 141 cm³/mol. The molecule has 0 aliphatic rings. The van der Waals surface area contributed by atoms with Gasteiger partial charge in [0.25, 0.3) is 0 Å². The Bertz CT molecular complexity index is 938. The standard InChI is InChI=1S/C24H32N4O4P2/c1-5-17-25-33(29,26-18-6-2)31-23-13-9-21(10-14-23)22-11-15-24(16-12-22)32-34(30,27-19-7-3)28-20-8-4/h5-16H,1-4,17-20H2,(H2,25,26,29)(H2,27,28,30). The highest BCUT2D eigenvalue weighted by Gasteiger charge is 2.23. The van der Waals surface area contributed by atoms with Crippen LogP contribution in [0, 0.1) is 0 Å². The van der Waals surface area contributed by atoms with Crippen molar-refractivity contribution >= 4 is 15.3 Å². The third kappa shape index (κ3) is 8.92.